The summed E-state index contributed by atoms with van der Waals surface area (Å²) < 4.78 is 2.70. The van der Waals surface area contributed by atoms with Crippen LogP contribution in [0.15, 0.2) is 152 Å². The third kappa shape index (κ3) is 3.90. The highest BCUT2D eigenvalue weighted by molar-refractivity contribution is 7.26. The summed E-state index contributed by atoms with van der Waals surface area (Å²) in [4.78, 5) is 0. The molecule has 1 aromatic heterocycles. The lowest BCUT2D eigenvalue weighted by Crippen LogP contribution is -1.86. The first-order valence-electron chi connectivity index (χ1n) is 15.2. The van der Waals surface area contributed by atoms with Gasteiger partial charge in [0.25, 0.3) is 0 Å². The van der Waals surface area contributed by atoms with Crippen LogP contribution in [0.1, 0.15) is 5.56 Å². The molecule has 9 rings (SSSR count). The van der Waals surface area contributed by atoms with Crippen molar-refractivity contribution in [2.24, 2.45) is 0 Å². The third-order valence-corrected chi connectivity index (χ3v) is 10.4. The summed E-state index contributed by atoms with van der Waals surface area (Å²) in [6.07, 6.45) is 0. The van der Waals surface area contributed by atoms with Gasteiger partial charge in [-0.3, -0.25) is 0 Å². The highest BCUT2D eigenvalue weighted by Crippen LogP contribution is 2.44. The van der Waals surface area contributed by atoms with Gasteiger partial charge in [0.1, 0.15) is 0 Å². The average Bonchev–Trinajstić information content (AvgIpc) is 3.47. The topological polar surface area (TPSA) is 0 Å². The molecule has 8 aromatic carbocycles. The van der Waals surface area contributed by atoms with Crippen molar-refractivity contribution in [3.8, 4) is 33.4 Å². The van der Waals surface area contributed by atoms with Gasteiger partial charge in [-0.05, 0) is 84.8 Å². The van der Waals surface area contributed by atoms with E-state index >= 15 is 0 Å². The Kier molecular flexibility index (Phi) is 5.69. The van der Waals surface area contributed by atoms with Crippen molar-refractivity contribution in [2.45, 2.75) is 6.92 Å². The maximum Gasteiger partial charge on any atom is 0.0434 e. The number of thiophene rings is 1. The van der Waals surface area contributed by atoms with Gasteiger partial charge in [0, 0.05) is 20.2 Å². The van der Waals surface area contributed by atoms with Crippen LogP contribution in [0.3, 0.4) is 0 Å². The minimum Gasteiger partial charge on any atom is -0.134 e. The molecule has 44 heavy (non-hydrogen) atoms. The Labute approximate surface area is 260 Å². The van der Waals surface area contributed by atoms with Crippen molar-refractivity contribution in [3.63, 3.8) is 0 Å². The van der Waals surface area contributed by atoms with Gasteiger partial charge in [-0.2, -0.15) is 0 Å². The maximum atomic E-state index is 2.39. The van der Waals surface area contributed by atoms with Crippen LogP contribution in [0, 0.1) is 6.92 Å². The first-order valence-corrected chi connectivity index (χ1v) is 16.0. The van der Waals surface area contributed by atoms with E-state index < -0.39 is 0 Å². The van der Waals surface area contributed by atoms with E-state index in [0.29, 0.717) is 0 Å². The second kappa shape index (κ2) is 9.91. The SMILES string of the molecule is Cc1cccc(-c2cccc3c2sc2c(-c4cccc(-c5ccc6c7ccccc7c7ccccc7c6c5)c4)cccc23)c1. The summed E-state index contributed by atoms with van der Waals surface area (Å²) in [5, 5.41) is 10.5. The fourth-order valence-corrected chi connectivity index (χ4v) is 8.41. The molecule has 0 radical (unpaired) electrons. The molecule has 0 fully saturated rings. The van der Waals surface area contributed by atoms with Crippen molar-refractivity contribution < 1.29 is 0 Å². The number of aryl methyl sites for hydroxylation is 1. The van der Waals surface area contributed by atoms with E-state index in [1.807, 2.05) is 11.3 Å². The lowest BCUT2D eigenvalue weighted by atomic mass is 9.91. The largest absolute Gasteiger partial charge is 0.134 e. The molecule has 1 heterocycles. The quantitative estimate of drug-likeness (QED) is 0.184. The Hall–Kier alpha value is -5.24. The first-order chi connectivity index (χ1) is 21.7. The summed E-state index contributed by atoms with van der Waals surface area (Å²) in [6, 6.07) is 56.0. The molecule has 0 aliphatic carbocycles. The van der Waals surface area contributed by atoms with Crippen LogP contribution in [0.5, 0.6) is 0 Å². The normalized spacial score (nSPS) is 11.8. The van der Waals surface area contributed by atoms with E-state index in [9.17, 15) is 0 Å². The fourth-order valence-electron chi connectivity index (χ4n) is 7.04. The summed E-state index contributed by atoms with van der Waals surface area (Å²) >= 11 is 1.92. The van der Waals surface area contributed by atoms with Gasteiger partial charge in [-0.25, -0.2) is 0 Å². The molecule has 0 aliphatic heterocycles. The van der Waals surface area contributed by atoms with E-state index in [2.05, 4.69) is 159 Å². The third-order valence-electron chi connectivity index (χ3n) is 9.10. The van der Waals surface area contributed by atoms with E-state index in [1.165, 1.54) is 91.4 Å². The van der Waals surface area contributed by atoms with Crippen LogP contribution in [0.4, 0.5) is 0 Å². The Bertz CT molecular complexity index is 2530. The Morgan fingerprint density at radius 1 is 0.318 bits per heavy atom. The van der Waals surface area contributed by atoms with Crippen LogP contribution >= 0.6 is 11.3 Å². The summed E-state index contributed by atoms with van der Waals surface area (Å²) in [6.45, 7) is 2.17. The van der Waals surface area contributed by atoms with Gasteiger partial charge < -0.3 is 0 Å². The van der Waals surface area contributed by atoms with Crippen LogP contribution in [-0.2, 0) is 0 Å². The number of hydrogen-bond donors (Lipinski definition) is 0. The number of benzene rings is 8. The molecule has 0 atom stereocenters. The monoisotopic (exact) mass is 576 g/mol. The Balaban J connectivity index is 1.22. The molecule has 0 bridgehead atoms. The molecular formula is C43H28S. The van der Waals surface area contributed by atoms with Gasteiger partial charge in [0.05, 0.1) is 0 Å². The Morgan fingerprint density at radius 2 is 0.773 bits per heavy atom. The second-order valence-electron chi connectivity index (χ2n) is 11.8. The van der Waals surface area contributed by atoms with Crippen LogP contribution in [0.2, 0.25) is 0 Å². The summed E-state index contributed by atoms with van der Waals surface area (Å²) in [5.41, 5.74) is 8.89. The summed E-state index contributed by atoms with van der Waals surface area (Å²) in [7, 11) is 0. The van der Waals surface area contributed by atoms with E-state index in [-0.39, 0.29) is 0 Å². The van der Waals surface area contributed by atoms with Gasteiger partial charge in [0.15, 0.2) is 0 Å². The number of fused-ring (bicyclic) bond motifs is 9. The predicted octanol–water partition coefficient (Wildman–Crippen LogP) is 12.8. The zero-order valence-electron chi connectivity index (χ0n) is 24.3. The van der Waals surface area contributed by atoms with Crippen molar-refractivity contribution in [1.82, 2.24) is 0 Å². The number of rotatable bonds is 3. The van der Waals surface area contributed by atoms with Crippen LogP contribution in [-0.4, -0.2) is 0 Å². The standard InChI is InChI=1S/C43H28S/c1-27-10-6-12-30(24-27)32-18-8-20-39-40-21-9-19-33(43(40)44-42(32)39)31-13-7-11-28(25-31)29-22-23-38-36-16-3-2-14-34(36)35-15-4-5-17-37(35)41(38)26-29/h2-26H,1H3. The zero-order valence-corrected chi connectivity index (χ0v) is 25.2. The molecule has 0 saturated carbocycles. The average molecular weight is 577 g/mol. The van der Waals surface area contributed by atoms with Crippen molar-refractivity contribution >= 4 is 63.8 Å². The molecule has 0 nitrogen and oxygen atoms in total. The van der Waals surface area contributed by atoms with Crippen molar-refractivity contribution in [3.05, 3.63) is 157 Å². The highest BCUT2D eigenvalue weighted by Gasteiger charge is 2.15. The van der Waals surface area contributed by atoms with Crippen LogP contribution < -0.4 is 0 Å². The molecule has 0 N–H and O–H groups in total. The van der Waals surface area contributed by atoms with Crippen molar-refractivity contribution in [1.29, 1.82) is 0 Å². The van der Waals surface area contributed by atoms with Gasteiger partial charge in [-0.15, -0.1) is 11.3 Å². The molecular weight excluding hydrogens is 549 g/mol. The lowest BCUT2D eigenvalue weighted by Gasteiger charge is -2.12. The van der Waals surface area contributed by atoms with Gasteiger partial charge in [-0.1, -0.05) is 145 Å². The van der Waals surface area contributed by atoms with E-state index in [1.54, 1.807) is 0 Å². The van der Waals surface area contributed by atoms with Gasteiger partial charge in [0.2, 0.25) is 0 Å². The minimum atomic E-state index is 1.24. The van der Waals surface area contributed by atoms with E-state index in [4.69, 9.17) is 0 Å². The highest BCUT2D eigenvalue weighted by atomic mass is 32.1. The lowest BCUT2D eigenvalue weighted by molar-refractivity contribution is 1.47. The fraction of sp³-hybridized carbons (Fsp3) is 0.0233. The number of hydrogen-bond acceptors (Lipinski definition) is 1. The first kappa shape index (κ1) is 25.3. The van der Waals surface area contributed by atoms with Gasteiger partial charge >= 0.3 is 0 Å². The molecule has 1 heteroatoms. The molecule has 0 unspecified atom stereocenters. The molecule has 0 saturated heterocycles. The maximum absolute atomic E-state index is 2.39. The molecule has 206 valence electrons. The smallest absolute Gasteiger partial charge is 0.0434 e. The molecule has 0 aliphatic rings. The molecule has 0 amide bonds. The van der Waals surface area contributed by atoms with Crippen LogP contribution in [0.25, 0.3) is 85.9 Å². The van der Waals surface area contributed by atoms with E-state index in [0.717, 1.165) is 0 Å². The summed E-state index contributed by atoms with van der Waals surface area (Å²) in [5.74, 6) is 0. The Morgan fingerprint density at radius 3 is 1.39 bits per heavy atom. The minimum absolute atomic E-state index is 1.24. The molecule has 0 spiro atoms. The van der Waals surface area contributed by atoms with Crippen molar-refractivity contribution in [2.75, 3.05) is 0 Å². The molecule has 9 aromatic rings. The zero-order chi connectivity index (χ0) is 29.2. The second-order valence-corrected chi connectivity index (χ2v) is 12.8. The predicted molar refractivity (Wildman–Crippen MR) is 193 cm³/mol.